The van der Waals surface area contributed by atoms with E-state index in [1.54, 1.807) is 20.8 Å². The number of halogens is 3. The molecule has 4 unspecified atom stereocenters. The molecule has 3 N–H and O–H groups in total. The number of fused-ring (bicyclic) bond motifs is 2. The zero-order valence-electron chi connectivity index (χ0n) is 22.4. The third kappa shape index (κ3) is 7.54. The largest absolute Gasteiger partial charge is 0.516 e. The van der Waals surface area contributed by atoms with Crippen molar-refractivity contribution in [1.82, 2.24) is 20.3 Å². The Labute approximate surface area is 226 Å². The lowest BCUT2D eigenvalue weighted by molar-refractivity contribution is -0.141. The second-order valence-electron chi connectivity index (χ2n) is 11.5. The molecule has 3 rings (SSSR count). The van der Waals surface area contributed by atoms with Crippen LogP contribution in [0.2, 0.25) is 0 Å². The van der Waals surface area contributed by atoms with Crippen LogP contribution in [0.4, 0.5) is 18.0 Å². The number of carbonyl (C=O) groups excluding carboxylic acids is 4. The Hall–Kier alpha value is -2.58. The summed E-state index contributed by atoms with van der Waals surface area (Å²) in [6, 6.07) is -1.99. The number of alkyl carbamates (subject to hydrolysis) is 1. The van der Waals surface area contributed by atoms with Gasteiger partial charge in [0.2, 0.25) is 11.8 Å². The Morgan fingerprint density at radius 2 is 1.62 bits per heavy atom. The summed E-state index contributed by atoms with van der Waals surface area (Å²) in [5.74, 6) is -3.24. The molecule has 0 aromatic carbocycles. The van der Waals surface area contributed by atoms with Crippen LogP contribution in [-0.2, 0) is 29.1 Å². The second kappa shape index (κ2) is 11.5. The predicted molar refractivity (Wildman–Crippen MR) is 132 cm³/mol. The van der Waals surface area contributed by atoms with Crippen molar-refractivity contribution >= 4 is 33.8 Å². The maximum absolute atomic E-state index is 13.5. The summed E-state index contributed by atoms with van der Waals surface area (Å²) < 4.78 is 68.4. The van der Waals surface area contributed by atoms with Gasteiger partial charge in [-0.25, -0.2) is 9.52 Å². The summed E-state index contributed by atoms with van der Waals surface area (Å²) >= 11 is 0. The maximum Gasteiger partial charge on any atom is 0.516 e. The quantitative estimate of drug-likeness (QED) is 0.463. The van der Waals surface area contributed by atoms with Gasteiger partial charge >= 0.3 is 21.6 Å². The molecule has 0 spiro atoms. The van der Waals surface area contributed by atoms with E-state index in [4.69, 9.17) is 4.74 Å². The van der Waals surface area contributed by atoms with E-state index in [9.17, 15) is 40.8 Å². The molecular weight excluding hydrogens is 545 g/mol. The predicted octanol–water partition coefficient (Wildman–Crippen LogP) is 2.46. The zero-order valence-corrected chi connectivity index (χ0v) is 23.2. The fraction of sp³-hybridized carbons (Fsp3) is 0.833. The van der Waals surface area contributed by atoms with Crippen molar-refractivity contribution in [2.75, 3.05) is 6.54 Å². The third-order valence-corrected chi connectivity index (χ3v) is 8.32. The van der Waals surface area contributed by atoms with Crippen molar-refractivity contribution in [3.63, 3.8) is 0 Å². The van der Waals surface area contributed by atoms with Gasteiger partial charge in [0.25, 0.3) is 5.91 Å². The number of amides is 4. The number of hydrogen-bond donors (Lipinski definition) is 3. The maximum atomic E-state index is 13.5. The van der Waals surface area contributed by atoms with Gasteiger partial charge in [0.1, 0.15) is 23.2 Å². The minimum Gasteiger partial charge on any atom is -0.444 e. The van der Waals surface area contributed by atoms with Crippen molar-refractivity contribution in [1.29, 1.82) is 0 Å². The van der Waals surface area contributed by atoms with E-state index in [0.717, 1.165) is 24.0 Å². The molecule has 4 atom stereocenters. The summed E-state index contributed by atoms with van der Waals surface area (Å²) in [5, 5.41) is 5.11. The Balaban J connectivity index is 1.83. The van der Waals surface area contributed by atoms with Gasteiger partial charge in [-0.1, -0.05) is 32.1 Å². The zero-order chi connectivity index (χ0) is 29.2. The Kier molecular flexibility index (Phi) is 9.12. The lowest BCUT2D eigenvalue weighted by Gasteiger charge is -2.30. The molecule has 0 aromatic rings. The van der Waals surface area contributed by atoms with Crippen LogP contribution >= 0.6 is 0 Å². The van der Waals surface area contributed by atoms with E-state index < -0.39 is 68.5 Å². The van der Waals surface area contributed by atoms with Gasteiger partial charge in [0.15, 0.2) is 0 Å². The smallest absolute Gasteiger partial charge is 0.444 e. The monoisotopic (exact) mass is 582 g/mol. The van der Waals surface area contributed by atoms with E-state index in [0.29, 0.717) is 32.1 Å². The number of carbonyl (C=O) groups is 4. The fourth-order valence-electron chi connectivity index (χ4n) is 5.22. The van der Waals surface area contributed by atoms with Crippen LogP contribution in [0.5, 0.6) is 0 Å². The molecule has 2 aliphatic heterocycles. The highest BCUT2D eigenvalue weighted by molar-refractivity contribution is 7.90. The van der Waals surface area contributed by atoms with Gasteiger partial charge < -0.3 is 20.3 Å². The fourth-order valence-corrected chi connectivity index (χ4v) is 5.76. The molecule has 3 aliphatic rings. The lowest BCUT2D eigenvalue weighted by Crippen LogP contribution is -2.59. The molecule has 15 heteroatoms. The summed E-state index contributed by atoms with van der Waals surface area (Å²) in [4.78, 5) is 53.4. The first-order chi connectivity index (χ1) is 18.0. The van der Waals surface area contributed by atoms with Crippen LogP contribution < -0.4 is 15.4 Å². The number of nitrogens with zero attached hydrogens (tertiary/aromatic N) is 1. The van der Waals surface area contributed by atoms with Crippen molar-refractivity contribution < 1.29 is 45.5 Å². The van der Waals surface area contributed by atoms with E-state index in [1.807, 2.05) is 0 Å². The third-order valence-electron chi connectivity index (χ3n) is 7.26. The van der Waals surface area contributed by atoms with Gasteiger partial charge in [-0.05, 0) is 58.8 Å². The first-order valence-electron chi connectivity index (χ1n) is 13.2. The molecule has 4 amide bonds. The van der Waals surface area contributed by atoms with E-state index in [2.05, 4.69) is 10.6 Å². The highest BCUT2D eigenvalue weighted by atomic mass is 32.2. The van der Waals surface area contributed by atoms with Crippen molar-refractivity contribution in [3.8, 4) is 0 Å². The number of sulfonamides is 1. The lowest BCUT2D eigenvalue weighted by atomic mass is 10.0. The van der Waals surface area contributed by atoms with E-state index in [1.165, 1.54) is 4.90 Å². The van der Waals surface area contributed by atoms with Crippen LogP contribution in [0.1, 0.15) is 85.0 Å². The molecule has 1 aliphatic carbocycles. The van der Waals surface area contributed by atoms with Crippen LogP contribution in [0.15, 0.2) is 0 Å². The average molecular weight is 583 g/mol. The molecule has 2 saturated heterocycles. The Bertz CT molecular complexity index is 1080. The van der Waals surface area contributed by atoms with Crippen molar-refractivity contribution in [2.45, 2.75) is 114 Å². The van der Waals surface area contributed by atoms with Gasteiger partial charge in [-0.3, -0.25) is 14.4 Å². The topological polar surface area (TPSA) is 151 Å². The Morgan fingerprint density at radius 3 is 2.23 bits per heavy atom. The molecule has 39 heavy (non-hydrogen) atoms. The highest BCUT2D eigenvalue weighted by Crippen LogP contribution is 2.48. The molecule has 222 valence electrons. The molecule has 2 heterocycles. The molecule has 3 fully saturated rings. The normalized spacial score (nSPS) is 29.2. The number of alkyl halides is 3. The minimum atomic E-state index is -5.97. The first kappa shape index (κ1) is 31.0. The van der Waals surface area contributed by atoms with Gasteiger partial charge in [0.05, 0.1) is 0 Å². The number of hydrogen-bond acceptors (Lipinski definition) is 7. The van der Waals surface area contributed by atoms with Gasteiger partial charge in [0, 0.05) is 6.54 Å². The number of nitrogens with one attached hydrogen (secondary N) is 3. The Morgan fingerprint density at radius 1 is 1.00 bits per heavy atom. The molecule has 0 radical (unpaired) electrons. The standard InChI is InChI=1S/C24H37F3N4O7S/c1-22(2,3)38-21(35)28-16-11-8-6-4-5-7-10-15-14-23(15,20(34)30-39(36,37)24(25,26)27)29-18(32)17-12-9-13-31(17)19(16)33/h15-17H,4-14H2,1-3H3,(H,28,35)(H,29,32)(H,30,34). The van der Waals surface area contributed by atoms with Crippen LogP contribution in [0.3, 0.4) is 0 Å². The minimum absolute atomic E-state index is 0.0125. The van der Waals surface area contributed by atoms with E-state index >= 15 is 0 Å². The van der Waals surface area contributed by atoms with Gasteiger partial charge in [-0.2, -0.15) is 21.6 Å². The van der Waals surface area contributed by atoms with Gasteiger partial charge in [-0.15, -0.1) is 0 Å². The number of rotatable bonds is 3. The highest BCUT2D eigenvalue weighted by Gasteiger charge is 2.63. The summed E-state index contributed by atoms with van der Waals surface area (Å²) in [6.45, 7) is 5.25. The molecule has 1 saturated carbocycles. The van der Waals surface area contributed by atoms with Crippen molar-refractivity contribution in [2.24, 2.45) is 5.92 Å². The van der Waals surface area contributed by atoms with Crippen LogP contribution in [0.25, 0.3) is 0 Å². The second-order valence-corrected chi connectivity index (χ2v) is 13.1. The van der Waals surface area contributed by atoms with Crippen LogP contribution in [0, 0.1) is 5.92 Å². The number of ether oxygens (including phenoxy) is 1. The summed E-state index contributed by atoms with van der Waals surface area (Å²) in [5.41, 5.74) is -8.31. The van der Waals surface area contributed by atoms with Crippen molar-refractivity contribution in [3.05, 3.63) is 0 Å². The average Bonchev–Trinajstić information content (AvgIpc) is 3.25. The van der Waals surface area contributed by atoms with E-state index in [-0.39, 0.29) is 19.4 Å². The molecule has 0 bridgehead atoms. The van der Waals surface area contributed by atoms with Crippen LogP contribution in [-0.4, -0.2) is 72.4 Å². The molecule has 11 nitrogen and oxygen atoms in total. The summed E-state index contributed by atoms with van der Waals surface area (Å²) in [7, 11) is -5.97. The summed E-state index contributed by atoms with van der Waals surface area (Å²) in [6.07, 6.45) is 4.15. The first-order valence-corrected chi connectivity index (χ1v) is 14.7. The molecular formula is C24H37F3N4O7S. The molecule has 0 aromatic heterocycles. The SMILES string of the molecule is CC(C)(C)OC(=O)NC1CCCCCCCC2CC2(C(=O)NS(=O)(=O)C(F)(F)F)NC(=O)C2CCCN2C1=O.